The minimum Gasteiger partial charge on any atom is -0.464 e. The fraction of sp³-hybridized carbons (Fsp3) is 0.577. The van der Waals surface area contributed by atoms with Crippen LogP contribution in [0.5, 0.6) is 5.19 Å². The molecule has 194 valence electrons. The van der Waals surface area contributed by atoms with Gasteiger partial charge in [0.1, 0.15) is 0 Å². The predicted octanol–water partition coefficient (Wildman–Crippen LogP) is 5.83. The van der Waals surface area contributed by atoms with Crippen LogP contribution in [0.2, 0.25) is 0 Å². The van der Waals surface area contributed by atoms with Crippen molar-refractivity contribution in [1.82, 2.24) is 20.2 Å². The first-order chi connectivity index (χ1) is 17.2. The number of ether oxygens (including phenoxy) is 1. The molecule has 0 radical (unpaired) electrons. The Kier molecular flexibility index (Phi) is 7.55. The third kappa shape index (κ3) is 6.20. The van der Waals surface area contributed by atoms with Crippen molar-refractivity contribution in [1.29, 1.82) is 0 Å². The van der Waals surface area contributed by atoms with Gasteiger partial charge in [0.05, 0.1) is 26.5 Å². The lowest BCUT2D eigenvalue weighted by Gasteiger charge is -2.32. The van der Waals surface area contributed by atoms with Gasteiger partial charge in [0.25, 0.3) is 17.0 Å². The van der Waals surface area contributed by atoms with Crippen molar-refractivity contribution < 1.29 is 18.3 Å². The monoisotopic (exact) mass is 534 g/mol. The number of halogens is 2. The number of aryl methyl sites for hydroxylation is 1. The molecule has 2 aliphatic rings. The van der Waals surface area contributed by atoms with E-state index >= 15 is 0 Å². The molecule has 6 nitrogen and oxygen atoms in total. The number of hydrogen-bond acceptors (Lipinski definition) is 7. The van der Waals surface area contributed by atoms with E-state index in [9.17, 15) is 13.6 Å². The molecular formula is C26H32F2N4O2S2. The van der Waals surface area contributed by atoms with Crippen molar-refractivity contribution in [3.05, 3.63) is 39.3 Å². The molecule has 1 saturated carbocycles. The van der Waals surface area contributed by atoms with Gasteiger partial charge in [-0.15, -0.1) is 11.3 Å². The van der Waals surface area contributed by atoms with Crippen molar-refractivity contribution in [3.63, 3.8) is 0 Å². The summed E-state index contributed by atoms with van der Waals surface area (Å²) in [6, 6.07) is 5.97. The minimum atomic E-state index is -2.85. The van der Waals surface area contributed by atoms with Gasteiger partial charge >= 0.3 is 0 Å². The Bertz CT molecular complexity index is 1210. The van der Waals surface area contributed by atoms with Gasteiger partial charge in [0.15, 0.2) is 6.61 Å². The zero-order chi connectivity index (χ0) is 25.3. The number of amides is 1. The molecule has 0 atom stereocenters. The van der Waals surface area contributed by atoms with E-state index in [1.165, 1.54) is 11.3 Å². The van der Waals surface area contributed by atoms with Crippen LogP contribution in [-0.2, 0) is 13.0 Å². The van der Waals surface area contributed by atoms with E-state index in [1.54, 1.807) is 11.3 Å². The number of alkyl halides is 2. The molecule has 3 heterocycles. The maximum atomic E-state index is 13.1. The van der Waals surface area contributed by atoms with Crippen molar-refractivity contribution in [3.8, 4) is 5.19 Å². The van der Waals surface area contributed by atoms with E-state index in [4.69, 9.17) is 4.74 Å². The summed E-state index contributed by atoms with van der Waals surface area (Å²) in [6.07, 6.45) is 6.27. The summed E-state index contributed by atoms with van der Waals surface area (Å²) in [7, 11) is 0. The topological polar surface area (TPSA) is 67.4 Å². The summed E-state index contributed by atoms with van der Waals surface area (Å²) in [6.45, 7) is 4.92. The number of carbonyl (C=O) groups is 1. The van der Waals surface area contributed by atoms with Crippen LogP contribution in [0.1, 0.15) is 65.0 Å². The molecular weight excluding hydrogens is 502 g/mol. The second kappa shape index (κ2) is 10.7. The number of nitrogens with one attached hydrogen (secondary N) is 1. The average molecular weight is 535 g/mol. The van der Waals surface area contributed by atoms with E-state index < -0.39 is 12.5 Å². The van der Waals surface area contributed by atoms with Gasteiger partial charge in [-0.2, -0.15) is 0 Å². The molecule has 1 fully saturated rings. The SMILES string of the molecule is Cc1nc2cccc(C(=O)NC3CCC(CCN4CCc5sc(OCC(C)(F)F)nc5C4)CC3)c2s1. The van der Waals surface area contributed by atoms with Gasteiger partial charge < -0.3 is 10.1 Å². The van der Waals surface area contributed by atoms with E-state index in [2.05, 4.69) is 20.2 Å². The van der Waals surface area contributed by atoms with Crippen LogP contribution < -0.4 is 10.1 Å². The number of hydrogen-bond donors (Lipinski definition) is 1. The van der Waals surface area contributed by atoms with Crippen molar-refractivity contribution in [2.45, 2.75) is 70.9 Å². The zero-order valence-corrected chi connectivity index (χ0v) is 22.3. The lowest BCUT2D eigenvalue weighted by atomic mass is 9.84. The molecule has 36 heavy (non-hydrogen) atoms. The molecule has 3 aromatic rings. The average Bonchev–Trinajstić information content (AvgIpc) is 3.43. The molecule has 1 aliphatic carbocycles. The number of nitrogens with zero attached hydrogens (tertiary/aromatic N) is 3. The molecule has 1 aliphatic heterocycles. The van der Waals surface area contributed by atoms with Crippen LogP contribution in [-0.4, -0.2) is 52.4 Å². The Morgan fingerprint density at radius 1 is 1.22 bits per heavy atom. The summed E-state index contributed by atoms with van der Waals surface area (Å²) in [4.78, 5) is 25.5. The lowest BCUT2D eigenvalue weighted by Crippen LogP contribution is -2.38. The van der Waals surface area contributed by atoms with Gasteiger partial charge in [-0.3, -0.25) is 9.69 Å². The molecule has 1 amide bonds. The summed E-state index contributed by atoms with van der Waals surface area (Å²) < 4.78 is 32.3. The number of carbonyl (C=O) groups excluding carboxylic acids is 1. The van der Waals surface area contributed by atoms with E-state index in [1.807, 2.05) is 25.1 Å². The standard InChI is InChI=1S/C26H32F2N4O2S2/c1-16-29-20-5-3-4-19(23(20)35-16)24(33)30-18-8-6-17(7-9-18)10-12-32-13-11-22-21(14-32)31-25(36-22)34-15-26(2,27)28/h3-5,17-18H,6-15H2,1-2H3,(H,30,33). The maximum Gasteiger partial charge on any atom is 0.278 e. The largest absolute Gasteiger partial charge is 0.464 e. The molecule has 0 bridgehead atoms. The fourth-order valence-electron chi connectivity index (χ4n) is 5.13. The number of thiazole rings is 2. The first-order valence-electron chi connectivity index (χ1n) is 12.6. The van der Waals surface area contributed by atoms with Gasteiger partial charge in [-0.25, -0.2) is 18.7 Å². The molecule has 5 rings (SSSR count). The zero-order valence-electron chi connectivity index (χ0n) is 20.7. The van der Waals surface area contributed by atoms with Crippen molar-refractivity contribution in [2.24, 2.45) is 5.92 Å². The quantitative estimate of drug-likeness (QED) is 0.394. The van der Waals surface area contributed by atoms with Gasteiger partial charge in [0, 0.05) is 30.9 Å². The highest BCUT2D eigenvalue weighted by Gasteiger charge is 2.27. The van der Waals surface area contributed by atoms with Gasteiger partial charge in [-0.1, -0.05) is 17.4 Å². The smallest absolute Gasteiger partial charge is 0.278 e. The number of rotatable bonds is 8. The molecule has 10 heteroatoms. The van der Waals surface area contributed by atoms with E-state index in [0.717, 1.165) is 96.4 Å². The van der Waals surface area contributed by atoms with E-state index in [0.29, 0.717) is 11.1 Å². The normalized spacial score (nSPS) is 20.9. The summed E-state index contributed by atoms with van der Waals surface area (Å²) in [5, 5.41) is 4.58. The fourth-order valence-corrected chi connectivity index (χ4v) is 6.97. The molecule has 0 spiro atoms. The second-order valence-corrected chi connectivity index (χ2v) is 12.4. The Morgan fingerprint density at radius 3 is 2.81 bits per heavy atom. The predicted molar refractivity (Wildman–Crippen MR) is 139 cm³/mol. The number of benzene rings is 1. The van der Waals surface area contributed by atoms with Crippen LogP contribution in [0, 0.1) is 12.8 Å². The van der Waals surface area contributed by atoms with Gasteiger partial charge in [-0.05, 0) is 70.0 Å². The third-order valence-electron chi connectivity index (χ3n) is 7.04. The highest BCUT2D eigenvalue weighted by Crippen LogP contribution is 2.32. The second-order valence-electron chi connectivity index (χ2n) is 10.1. The molecule has 0 saturated heterocycles. The lowest BCUT2D eigenvalue weighted by molar-refractivity contribution is -0.0230. The summed E-state index contributed by atoms with van der Waals surface area (Å²) >= 11 is 2.97. The van der Waals surface area contributed by atoms with Crippen molar-refractivity contribution in [2.75, 3.05) is 19.7 Å². The molecule has 1 aromatic carbocycles. The first kappa shape index (κ1) is 25.5. The Hall–Kier alpha value is -2.17. The molecule has 0 unspecified atom stereocenters. The summed E-state index contributed by atoms with van der Waals surface area (Å²) in [5.41, 5.74) is 2.59. The van der Waals surface area contributed by atoms with Crippen LogP contribution in [0.4, 0.5) is 8.78 Å². The maximum absolute atomic E-state index is 13.1. The van der Waals surface area contributed by atoms with Gasteiger partial charge in [0.2, 0.25) is 0 Å². The van der Waals surface area contributed by atoms with Crippen LogP contribution >= 0.6 is 22.7 Å². The van der Waals surface area contributed by atoms with Crippen LogP contribution in [0.3, 0.4) is 0 Å². The Morgan fingerprint density at radius 2 is 2.03 bits per heavy atom. The summed E-state index contributed by atoms with van der Waals surface area (Å²) in [5.74, 6) is -2.19. The van der Waals surface area contributed by atoms with Crippen LogP contribution in [0.15, 0.2) is 18.2 Å². The minimum absolute atomic E-state index is 0.00564. The number of fused-ring (bicyclic) bond motifs is 2. The van der Waals surface area contributed by atoms with Crippen LogP contribution in [0.25, 0.3) is 10.2 Å². The molecule has 2 aromatic heterocycles. The molecule has 1 N–H and O–H groups in total. The Labute approximate surface area is 218 Å². The first-order valence-corrected chi connectivity index (χ1v) is 14.3. The van der Waals surface area contributed by atoms with E-state index in [-0.39, 0.29) is 11.9 Å². The van der Waals surface area contributed by atoms with Crippen molar-refractivity contribution >= 4 is 38.8 Å². The Balaban J connectivity index is 1.06. The third-order valence-corrected chi connectivity index (χ3v) is 9.13. The number of aromatic nitrogens is 2. The highest BCUT2D eigenvalue weighted by atomic mass is 32.1. The highest BCUT2D eigenvalue weighted by molar-refractivity contribution is 7.18.